The first-order chi connectivity index (χ1) is 16.9. The van der Waals surface area contributed by atoms with Gasteiger partial charge < -0.3 is 10.0 Å². The van der Waals surface area contributed by atoms with Gasteiger partial charge in [0.15, 0.2) is 0 Å². The summed E-state index contributed by atoms with van der Waals surface area (Å²) in [5, 5.41) is 10.0. The molecule has 3 aromatic rings. The van der Waals surface area contributed by atoms with Crippen molar-refractivity contribution in [3.63, 3.8) is 0 Å². The van der Waals surface area contributed by atoms with E-state index in [1.54, 1.807) is 36.1 Å². The number of aliphatic hydroxyl groups excluding tert-OH is 1. The maximum absolute atomic E-state index is 13.3. The fourth-order valence-corrected chi connectivity index (χ4v) is 6.73. The summed E-state index contributed by atoms with van der Waals surface area (Å²) in [6, 6.07) is 23.6. The summed E-state index contributed by atoms with van der Waals surface area (Å²) in [6.45, 7) is 1.55. The number of rotatable bonds is 4. The molecule has 178 valence electrons. The van der Waals surface area contributed by atoms with E-state index in [-0.39, 0.29) is 48.5 Å². The van der Waals surface area contributed by atoms with E-state index in [4.69, 9.17) is 0 Å². The van der Waals surface area contributed by atoms with Crippen molar-refractivity contribution in [2.75, 3.05) is 19.7 Å². The molecule has 3 atom stereocenters. The molecule has 0 saturated carbocycles. The minimum atomic E-state index is -3.81. The van der Waals surface area contributed by atoms with Gasteiger partial charge in [-0.1, -0.05) is 60.4 Å². The van der Waals surface area contributed by atoms with Crippen molar-refractivity contribution in [3.05, 3.63) is 101 Å². The number of piperazine rings is 1. The van der Waals surface area contributed by atoms with Crippen LogP contribution >= 0.6 is 0 Å². The number of fused-ring (bicyclic) bond motifs is 1. The van der Waals surface area contributed by atoms with E-state index >= 15 is 0 Å². The summed E-state index contributed by atoms with van der Waals surface area (Å²) in [6.07, 6.45) is 0. The van der Waals surface area contributed by atoms with Crippen molar-refractivity contribution < 1.29 is 18.3 Å². The number of amides is 1. The Bertz CT molecular complexity index is 1410. The molecule has 1 amide bonds. The molecule has 7 heteroatoms. The highest BCUT2D eigenvalue weighted by Gasteiger charge is 2.55. The second kappa shape index (κ2) is 9.31. The van der Waals surface area contributed by atoms with Crippen LogP contribution < -0.4 is 0 Å². The van der Waals surface area contributed by atoms with Gasteiger partial charge in [0.05, 0.1) is 30.1 Å². The second-order valence-electron chi connectivity index (χ2n) is 8.95. The van der Waals surface area contributed by atoms with Gasteiger partial charge in [0.1, 0.15) is 0 Å². The molecule has 6 nitrogen and oxygen atoms in total. The Morgan fingerprint density at radius 2 is 1.54 bits per heavy atom. The SMILES string of the molecule is Cc1ccccc1S(=O)(=O)N1CC(=O)N2[C@H](C1)[C@H](c1ccc(C#Cc3ccccc3)cc1)[C@@H]2CO. The van der Waals surface area contributed by atoms with Crippen molar-refractivity contribution in [2.24, 2.45) is 0 Å². The Morgan fingerprint density at radius 3 is 2.20 bits per heavy atom. The van der Waals surface area contributed by atoms with Crippen LogP contribution in [0.25, 0.3) is 0 Å². The van der Waals surface area contributed by atoms with Gasteiger partial charge in [0.25, 0.3) is 0 Å². The van der Waals surface area contributed by atoms with Gasteiger partial charge in [-0.25, -0.2) is 8.42 Å². The smallest absolute Gasteiger partial charge is 0.243 e. The lowest BCUT2D eigenvalue weighted by molar-refractivity contribution is -0.158. The van der Waals surface area contributed by atoms with E-state index in [0.29, 0.717) is 5.56 Å². The molecule has 5 rings (SSSR count). The topological polar surface area (TPSA) is 77.9 Å². The van der Waals surface area contributed by atoms with Crippen molar-refractivity contribution >= 4 is 15.9 Å². The minimum Gasteiger partial charge on any atom is -0.394 e. The molecule has 3 aromatic carbocycles. The van der Waals surface area contributed by atoms with E-state index in [1.165, 1.54) is 4.31 Å². The zero-order valence-electron chi connectivity index (χ0n) is 19.3. The summed E-state index contributed by atoms with van der Waals surface area (Å²) in [4.78, 5) is 14.8. The van der Waals surface area contributed by atoms with Crippen LogP contribution in [0.2, 0.25) is 0 Å². The zero-order chi connectivity index (χ0) is 24.6. The number of sulfonamides is 1. The quantitative estimate of drug-likeness (QED) is 0.576. The molecule has 0 unspecified atom stereocenters. The van der Waals surface area contributed by atoms with Crippen LogP contribution in [0.5, 0.6) is 0 Å². The Kier molecular flexibility index (Phi) is 6.20. The van der Waals surface area contributed by atoms with Gasteiger partial charge in [-0.05, 0) is 48.4 Å². The highest BCUT2D eigenvalue weighted by molar-refractivity contribution is 7.89. The van der Waals surface area contributed by atoms with E-state index in [9.17, 15) is 18.3 Å². The number of nitrogens with zero attached hydrogens (tertiary/aromatic N) is 2. The molecular formula is C28H26N2O4S. The molecule has 1 N–H and O–H groups in total. The monoisotopic (exact) mass is 486 g/mol. The molecule has 2 aliphatic heterocycles. The predicted octanol–water partition coefficient (Wildman–Crippen LogP) is 2.75. The third kappa shape index (κ3) is 4.25. The number of hydrogen-bond donors (Lipinski definition) is 1. The molecule has 35 heavy (non-hydrogen) atoms. The van der Waals surface area contributed by atoms with Gasteiger partial charge in [-0.3, -0.25) is 4.79 Å². The van der Waals surface area contributed by atoms with Crippen molar-refractivity contribution in [2.45, 2.75) is 29.8 Å². The van der Waals surface area contributed by atoms with Gasteiger partial charge in [-0.2, -0.15) is 4.31 Å². The third-order valence-corrected chi connectivity index (χ3v) is 8.82. The van der Waals surface area contributed by atoms with Crippen LogP contribution in [-0.2, 0) is 14.8 Å². The van der Waals surface area contributed by atoms with Crippen molar-refractivity contribution in [1.29, 1.82) is 0 Å². The first kappa shape index (κ1) is 23.3. The Hall–Kier alpha value is -3.44. The van der Waals surface area contributed by atoms with E-state index in [0.717, 1.165) is 16.7 Å². The number of carbonyl (C=O) groups is 1. The molecule has 2 saturated heterocycles. The maximum atomic E-state index is 13.3. The third-order valence-electron chi connectivity index (χ3n) is 6.85. The molecule has 0 aliphatic carbocycles. The highest BCUT2D eigenvalue weighted by Crippen LogP contribution is 2.43. The number of carbonyl (C=O) groups excluding carboxylic acids is 1. The van der Waals surface area contributed by atoms with Gasteiger partial charge in [0, 0.05) is 23.6 Å². The molecular weight excluding hydrogens is 460 g/mol. The van der Waals surface area contributed by atoms with E-state index < -0.39 is 10.0 Å². The van der Waals surface area contributed by atoms with Crippen molar-refractivity contribution in [3.8, 4) is 11.8 Å². The summed E-state index contributed by atoms with van der Waals surface area (Å²) >= 11 is 0. The Labute approximate surface area is 205 Å². The standard InChI is InChI=1S/C28H26N2O4S/c1-20-7-5-6-10-26(20)35(33,34)29-17-24-28(25(19-31)30(24)27(32)18-29)23-15-13-22(14-16-23)12-11-21-8-3-2-4-9-21/h2-10,13-16,24-25,28,31H,17-19H2,1H3/t24-,25+,28+/m1/s1. The van der Waals surface area contributed by atoms with E-state index in [2.05, 4.69) is 11.8 Å². The molecule has 0 aromatic heterocycles. The molecule has 2 heterocycles. The maximum Gasteiger partial charge on any atom is 0.243 e. The summed E-state index contributed by atoms with van der Waals surface area (Å²) < 4.78 is 28.0. The van der Waals surface area contributed by atoms with Crippen LogP contribution in [0.15, 0.2) is 83.8 Å². The zero-order valence-corrected chi connectivity index (χ0v) is 20.2. The first-order valence-electron chi connectivity index (χ1n) is 11.5. The van der Waals surface area contributed by atoms with Crippen LogP contribution in [-0.4, -0.2) is 60.4 Å². The largest absolute Gasteiger partial charge is 0.394 e. The molecule has 0 bridgehead atoms. The van der Waals surface area contributed by atoms with Crippen LogP contribution in [0.3, 0.4) is 0 Å². The normalized spacial score (nSPS) is 22.1. The van der Waals surface area contributed by atoms with Gasteiger partial charge in [0.2, 0.25) is 15.9 Å². The molecule has 2 fully saturated rings. The summed E-state index contributed by atoms with van der Waals surface area (Å²) in [7, 11) is -3.81. The number of benzene rings is 3. The van der Waals surface area contributed by atoms with Crippen LogP contribution in [0, 0.1) is 18.8 Å². The van der Waals surface area contributed by atoms with Crippen LogP contribution in [0.4, 0.5) is 0 Å². The summed E-state index contributed by atoms with van der Waals surface area (Å²) in [5.41, 5.74) is 3.39. The lowest BCUT2D eigenvalue weighted by atomic mass is 9.74. The minimum absolute atomic E-state index is 0.157. The van der Waals surface area contributed by atoms with Crippen LogP contribution in [0.1, 0.15) is 28.2 Å². The number of aliphatic hydroxyl groups is 1. The fraction of sp³-hybridized carbons (Fsp3) is 0.250. The van der Waals surface area contributed by atoms with E-state index in [1.807, 2.05) is 54.6 Å². The average Bonchev–Trinajstić information content (AvgIpc) is 2.85. The number of hydrogen-bond acceptors (Lipinski definition) is 4. The van der Waals surface area contributed by atoms with Crippen molar-refractivity contribution in [1.82, 2.24) is 9.21 Å². The molecule has 0 spiro atoms. The molecule has 0 radical (unpaired) electrons. The van der Waals surface area contributed by atoms with Gasteiger partial charge in [-0.15, -0.1) is 0 Å². The van der Waals surface area contributed by atoms with Gasteiger partial charge >= 0.3 is 0 Å². The highest BCUT2D eigenvalue weighted by atomic mass is 32.2. The summed E-state index contributed by atoms with van der Waals surface area (Å²) in [5.74, 6) is 5.85. The number of aryl methyl sites for hydroxylation is 1. The predicted molar refractivity (Wildman–Crippen MR) is 133 cm³/mol. The average molecular weight is 487 g/mol. The first-order valence-corrected chi connectivity index (χ1v) is 13.0. The Morgan fingerprint density at radius 1 is 0.914 bits per heavy atom. The lowest BCUT2D eigenvalue weighted by Gasteiger charge is -2.58. The Balaban J connectivity index is 1.39. The second-order valence-corrected chi connectivity index (χ2v) is 10.9. The lowest BCUT2D eigenvalue weighted by Crippen LogP contribution is -2.73. The molecule has 2 aliphatic rings. The fourth-order valence-electron chi connectivity index (χ4n) is 5.09.